The number of piperidine rings is 1. The number of amides is 1. The predicted octanol–water partition coefficient (Wildman–Crippen LogP) is 1.92. The third kappa shape index (κ3) is 4.24. The van der Waals surface area contributed by atoms with Crippen LogP contribution in [0.25, 0.3) is 0 Å². The van der Waals surface area contributed by atoms with E-state index in [9.17, 15) is 9.18 Å². The molecule has 2 heterocycles. The highest BCUT2D eigenvalue weighted by molar-refractivity contribution is 5.78. The molecule has 1 aromatic carbocycles. The molecule has 2 aliphatic rings. The molecule has 2 aliphatic heterocycles. The summed E-state index contributed by atoms with van der Waals surface area (Å²) in [6.45, 7) is 6.37. The zero-order chi connectivity index (χ0) is 16.9. The SMILES string of the molecule is CCN1CCC(N2C[C@@H](COc3ccc(F)cc3)OCC2=O)CC1. The first-order chi connectivity index (χ1) is 11.7. The van der Waals surface area contributed by atoms with E-state index in [1.807, 2.05) is 4.90 Å². The lowest BCUT2D eigenvalue weighted by Crippen LogP contribution is -2.55. The van der Waals surface area contributed by atoms with E-state index in [4.69, 9.17) is 9.47 Å². The summed E-state index contributed by atoms with van der Waals surface area (Å²) in [7, 11) is 0. The molecule has 24 heavy (non-hydrogen) atoms. The predicted molar refractivity (Wildman–Crippen MR) is 88.5 cm³/mol. The molecular weight excluding hydrogens is 311 g/mol. The molecule has 6 heteroatoms. The molecule has 1 amide bonds. The van der Waals surface area contributed by atoms with Crippen molar-refractivity contribution in [2.24, 2.45) is 0 Å². The van der Waals surface area contributed by atoms with Crippen molar-refractivity contribution in [1.82, 2.24) is 9.80 Å². The fourth-order valence-corrected chi connectivity index (χ4v) is 3.37. The number of likely N-dealkylation sites (tertiary alicyclic amines) is 1. The summed E-state index contributed by atoms with van der Waals surface area (Å²) >= 11 is 0. The molecule has 0 unspecified atom stereocenters. The minimum absolute atomic E-state index is 0.0722. The van der Waals surface area contributed by atoms with Gasteiger partial charge >= 0.3 is 0 Å². The number of hydrogen-bond acceptors (Lipinski definition) is 4. The number of carbonyl (C=O) groups is 1. The van der Waals surface area contributed by atoms with Crippen LogP contribution in [0.1, 0.15) is 19.8 Å². The van der Waals surface area contributed by atoms with Crippen LogP contribution in [0.4, 0.5) is 4.39 Å². The molecule has 1 aromatic rings. The van der Waals surface area contributed by atoms with Crippen LogP contribution in [0, 0.1) is 5.82 Å². The van der Waals surface area contributed by atoms with E-state index in [1.54, 1.807) is 12.1 Å². The van der Waals surface area contributed by atoms with Crippen LogP contribution >= 0.6 is 0 Å². The maximum absolute atomic E-state index is 12.9. The van der Waals surface area contributed by atoms with Gasteiger partial charge in [-0.25, -0.2) is 4.39 Å². The monoisotopic (exact) mass is 336 g/mol. The molecule has 0 bridgehead atoms. The molecular formula is C18H25FN2O3. The van der Waals surface area contributed by atoms with Gasteiger partial charge in [0.15, 0.2) is 0 Å². The van der Waals surface area contributed by atoms with E-state index in [-0.39, 0.29) is 24.4 Å². The Bertz CT molecular complexity index is 544. The Labute approximate surface area is 142 Å². The molecule has 0 aromatic heterocycles. The number of morpholine rings is 1. The molecule has 0 radical (unpaired) electrons. The number of benzene rings is 1. The largest absolute Gasteiger partial charge is 0.491 e. The lowest BCUT2D eigenvalue weighted by atomic mass is 10.0. The summed E-state index contributed by atoms with van der Waals surface area (Å²) in [6, 6.07) is 6.24. The van der Waals surface area contributed by atoms with Crippen molar-refractivity contribution in [2.45, 2.75) is 31.9 Å². The standard InChI is InChI=1S/C18H25FN2O3/c1-2-20-9-7-15(8-10-20)21-11-17(24-13-18(21)22)12-23-16-5-3-14(19)4-6-16/h3-6,15,17H,2,7-13H2,1H3/t17-/m0/s1. The van der Waals surface area contributed by atoms with Gasteiger partial charge in [0, 0.05) is 19.1 Å². The zero-order valence-electron chi connectivity index (χ0n) is 14.1. The molecule has 132 valence electrons. The van der Waals surface area contributed by atoms with E-state index in [0.717, 1.165) is 32.5 Å². The molecule has 5 nitrogen and oxygen atoms in total. The van der Waals surface area contributed by atoms with Crippen LogP contribution in [0.5, 0.6) is 5.75 Å². The van der Waals surface area contributed by atoms with Crippen LogP contribution in [0.3, 0.4) is 0 Å². The average Bonchev–Trinajstić information content (AvgIpc) is 2.62. The van der Waals surface area contributed by atoms with Gasteiger partial charge in [0.2, 0.25) is 5.91 Å². The topological polar surface area (TPSA) is 42.0 Å². The molecule has 0 aliphatic carbocycles. The molecule has 2 fully saturated rings. The van der Waals surface area contributed by atoms with Crippen LogP contribution in [0.2, 0.25) is 0 Å². The van der Waals surface area contributed by atoms with E-state index in [1.165, 1.54) is 12.1 Å². The number of carbonyl (C=O) groups excluding carboxylic acids is 1. The number of ether oxygens (including phenoxy) is 2. The van der Waals surface area contributed by atoms with Gasteiger partial charge in [-0.1, -0.05) is 6.92 Å². The fourth-order valence-electron chi connectivity index (χ4n) is 3.37. The smallest absolute Gasteiger partial charge is 0.248 e. The second-order valence-corrected chi connectivity index (χ2v) is 6.41. The summed E-state index contributed by atoms with van der Waals surface area (Å²) in [5, 5.41) is 0. The second kappa shape index (κ2) is 7.94. The maximum Gasteiger partial charge on any atom is 0.248 e. The van der Waals surface area contributed by atoms with Crippen molar-refractivity contribution in [3.05, 3.63) is 30.1 Å². The van der Waals surface area contributed by atoms with Crippen molar-refractivity contribution >= 4 is 5.91 Å². The van der Waals surface area contributed by atoms with E-state index >= 15 is 0 Å². The summed E-state index contributed by atoms with van der Waals surface area (Å²) in [5.74, 6) is 0.397. The van der Waals surface area contributed by atoms with Crippen molar-refractivity contribution in [2.75, 3.05) is 39.4 Å². The van der Waals surface area contributed by atoms with Gasteiger partial charge in [0.25, 0.3) is 0 Å². The van der Waals surface area contributed by atoms with Crippen LogP contribution in [-0.2, 0) is 9.53 Å². The van der Waals surface area contributed by atoms with Crippen LogP contribution < -0.4 is 4.74 Å². The Morgan fingerprint density at radius 3 is 2.62 bits per heavy atom. The fraction of sp³-hybridized carbons (Fsp3) is 0.611. The Hall–Kier alpha value is -1.66. The first-order valence-electron chi connectivity index (χ1n) is 8.67. The zero-order valence-corrected chi connectivity index (χ0v) is 14.1. The van der Waals surface area contributed by atoms with Crippen molar-refractivity contribution in [1.29, 1.82) is 0 Å². The Kier molecular flexibility index (Phi) is 5.68. The molecule has 0 N–H and O–H groups in total. The maximum atomic E-state index is 12.9. The van der Waals surface area contributed by atoms with Gasteiger partial charge in [-0.3, -0.25) is 4.79 Å². The first kappa shape index (κ1) is 17.2. The van der Waals surface area contributed by atoms with Gasteiger partial charge in [-0.2, -0.15) is 0 Å². The highest BCUT2D eigenvalue weighted by Crippen LogP contribution is 2.20. The van der Waals surface area contributed by atoms with Gasteiger partial charge in [-0.05, 0) is 43.7 Å². The van der Waals surface area contributed by atoms with Crippen molar-refractivity contribution < 1.29 is 18.7 Å². The number of hydrogen-bond donors (Lipinski definition) is 0. The van der Waals surface area contributed by atoms with Gasteiger partial charge in [-0.15, -0.1) is 0 Å². The van der Waals surface area contributed by atoms with Crippen molar-refractivity contribution in [3.63, 3.8) is 0 Å². The number of nitrogens with zero attached hydrogens (tertiary/aromatic N) is 2. The Morgan fingerprint density at radius 1 is 1.25 bits per heavy atom. The normalized spacial score (nSPS) is 23.5. The van der Waals surface area contributed by atoms with Gasteiger partial charge < -0.3 is 19.3 Å². The summed E-state index contributed by atoms with van der Waals surface area (Å²) < 4.78 is 24.2. The summed E-state index contributed by atoms with van der Waals surface area (Å²) in [5.41, 5.74) is 0. The lowest BCUT2D eigenvalue weighted by Gasteiger charge is -2.41. The lowest BCUT2D eigenvalue weighted by molar-refractivity contribution is -0.155. The molecule has 3 rings (SSSR count). The summed E-state index contributed by atoms with van der Waals surface area (Å²) in [6.07, 6.45) is 1.90. The minimum Gasteiger partial charge on any atom is -0.491 e. The minimum atomic E-state index is -0.286. The molecule has 0 saturated carbocycles. The van der Waals surface area contributed by atoms with Gasteiger partial charge in [0.05, 0.1) is 6.54 Å². The quantitative estimate of drug-likeness (QED) is 0.824. The van der Waals surface area contributed by atoms with Crippen molar-refractivity contribution in [3.8, 4) is 5.75 Å². The van der Waals surface area contributed by atoms with Crippen LogP contribution in [0.15, 0.2) is 24.3 Å². The average molecular weight is 336 g/mol. The molecule has 1 atom stereocenters. The van der Waals surface area contributed by atoms with E-state index in [0.29, 0.717) is 24.9 Å². The van der Waals surface area contributed by atoms with E-state index < -0.39 is 0 Å². The molecule has 0 spiro atoms. The Morgan fingerprint density at radius 2 is 1.96 bits per heavy atom. The van der Waals surface area contributed by atoms with Gasteiger partial charge in [0.1, 0.15) is 30.9 Å². The summed E-state index contributed by atoms with van der Waals surface area (Å²) in [4.78, 5) is 16.6. The first-order valence-corrected chi connectivity index (χ1v) is 8.67. The third-order valence-corrected chi connectivity index (χ3v) is 4.86. The Balaban J connectivity index is 1.51. The highest BCUT2D eigenvalue weighted by atomic mass is 19.1. The number of halogens is 1. The highest BCUT2D eigenvalue weighted by Gasteiger charge is 2.33. The van der Waals surface area contributed by atoms with Crippen LogP contribution in [-0.4, -0.2) is 67.2 Å². The van der Waals surface area contributed by atoms with E-state index in [2.05, 4.69) is 11.8 Å². The molecule has 2 saturated heterocycles. The second-order valence-electron chi connectivity index (χ2n) is 6.41. The third-order valence-electron chi connectivity index (χ3n) is 4.86. The number of rotatable bonds is 5.